The predicted molar refractivity (Wildman–Crippen MR) is 54.8 cm³/mol. The van der Waals surface area contributed by atoms with Crippen LogP contribution in [0.15, 0.2) is 0 Å². The van der Waals surface area contributed by atoms with Crippen LogP contribution in [0.5, 0.6) is 0 Å². The summed E-state index contributed by atoms with van der Waals surface area (Å²) in [4.78, 5) is 13.4. The molecule has 0 saturated carbocycles. The maximum absolute atomic E-state index is 11.1. The van der Waals surface area contributed by atoms with Crippen LogP contribution in [0.4, 0.5) is 0 Å². The van der Waals surface area contributed by atoms with Crippen LogP contribution in [0.2, 0.25) is 0 Å². The number of esters is 1. The van der Waals surface area contributed by atoms with Gasteiger partial charge in [0.25, 0.3) is 0 Å². The maximum atomic E-state index is 11.1. The van der Waals surface area contributed by atoms with E-state index in [2.05, 4.69) is 23.5 Å². The Kier molecular flexibility index (Phi) is 3.89. The smallest absolute Gasteiger partial charge is 0.323 e. The van der Waals surface area contributed by atoms with Gasteiger partial charge in [-0.1, -0.05) is 6.92 Å². The van der Waals surface area contributed by atoms with Crippen molar-refractivity contribution in [3.05, 3.63) is 0 Å². The third-order valence-electron chi connectivity index (χ3n) is 2.85. The van der Waals surface area contributed by atoms with E-state index in [-0.39, 0.29) is 5.97 Å². The third kappa shape index (κ3) is 2.69. The molecule has 1 aliphatic heterocycles. The number of ether oxygens (including phenoxy) is 1. The molecule has 0 aliphatic carbocycles. The molecular weight excluding hydrogens is 180 g/mol. The van der Waals surface area contributed by atoms with Crippen LogP contribution in [0.25, 0.3) is 0 Å². The fraction of sp³-hybridized carbons (Fsp3) is 0.900. The van der Waals surface area contributed by atoms with E-state index >= 15 is 0 Å². The SMILES string of the molecule is COC(=O)C(N)CN1CC(C)CC1C. The zero-order valence-electron chi connectivity index (χ0n) is 9.19. The molecule has 2 N–H and O–H groups in total. The normalized spacial score (nSPS) is 30.3. The second-order valence-electron chi connectivity index (χ2n) is 4.27. The predicted octanol–water partition coefficient (Wildman–Crippen LogP) is 0.217. The fourth-order valence-corrected chi connectivity index (χ4v) is 2.12. The molecule has 1 heterocycles. The van der Waals surface area contributed by atoms with Gasteiger partial charge in [0, 0.05) is 19.1 Å². The van der Waals surface area contributed by atoms with Crippen molar-refractivity contribution in [1.82, 2.24) is 4.90 Å². The summed E-state index contributed by atoms with van der Waals surface area (Å²) in [5.41, 5.74) is 5.70. The van der Waals surface area contributed by atoms with Gasteiger partial charge < -0.3 is 10.5 Å². The maximum Gasteiger partial charge on any atom is 0.323 e. The van der Waals surface area contributed by atoms with Gasteiger partial charge in [0.05, 0.1) is 7.11 Å². The molecule has 0 aromatic rings. The molecule has 3 unspecified atom stereocenters. The molecule has 0 bridgehead atoms. The Hall–Kier alpha value is -0.610. The Morgan fingerprint density at radius 2 is 2.29 bits per heavy atom. The van der Waals surface area contributed by atoms with Crippen molar-refractivity contribution in [3.8, 4) is 0 Å². The van der Waals surface area contributed by atoms with Crippen molar-refractivity contribution in [1.29, 1.82) is 0 Å². The van der Waals surface area contributed by atoms with Gasteiger partial charge in [0.2, 0.25) is 0 Å². The Balaban J connectivity index is 2.40. The molecule has 14 heavy (non-hydrogen) atoms. The van der Waals surface area contributed by atoms with E-state index in [0.29, 0.717) is 18.5 Å². The topological polar surface area (TPSA) is 55.6 Å². The lowest BCUT2D eigenvalue weighted by atomic mass is 10.1. The summed E-state index contributed by atoms with van der Waals surface area (Å²) in [6.07, 6.45) is 1.19. The average Bonchev–Trinajstić information content (AvgIpc) is 2.44. The van der Waals surface area contributed by atoms with Crippen LogP contribution in [0, 0.1) is 5.92 Å². The van der Waals surface area contributed by atoms with Crippen molar-refractivity contribution in [3.63, 3.8) is 0 Å². The largest absolute Gasteiger partial charge is 0.468 e. The zero-order valence-corrected chi connectivity index (χ0v) is 9.19. The molecule has 1 saturated heterocycles. The standard InChI is InChI=1S/C10H20N2O2/c1-7-4-8(2)12(5-7)6-9(11)10(13)14-3/h7-9H,4-6,11H2,1-3H3. The monoisotopic (exact) mass is 200 g/mol. The summed E-state index contributed by atoms with van der Waals surface area (Å²) in [5, 5.41) is 0. The molecule has 0 spiro atoms. The molecule has 0 radical (unpaired) electrons. The second-order valence-corrected chi connectivity index (χ2v) is 4.27. The van der Waals surface area contributed by atoms with E-state index in [1.165, 1.54) is 13.5 Å². The average molecular weight is 200 g/mol. The van der Waals surface area contributed by atoms with Crippen LogP contribution in [0.3, 0.4) is 0 Å². The summed E-state index contributed by atoms with van der Waals surface area (Å²) in [5.74, 6) is 0.381. The number of hydrogen-bond donors (Lipinski definition) is 1. The van der Waals surface area contributed by atoms with Crippen LogP contribution in [-0.2, 0) is 9.53 Å². The lowest BCUT2D eigenvalue weighted by Gasteiger charge is -2.23. The van der Waals surface area contributed by atoms with Crippen LogP contribution < -0.4 is 5.73 Å². The minimum absolute atomic E-state index is 0.322. The fourth-order valence-electron chi connectivity index (χ4n) is 2.12. The van der Waals surface area contributed by atoms with Crippen molar-refractivity contribution in [2.45, 2.75) is 32.4 Å². The summed E-state index contributed by atoms with van der Waals surface area (Å²) < 4.78 is 4.59. The van der Waals surface area contributed by atoms with Crippen LogP contribution in [-0.4, -0.2) is 43.2 Å². The van der Waals surface area contributed by atoms with E-state index in [1.807, 2.05) is 0 Å². The molecule has 3 atom stereocenters. The molecule has 0 aromatic heterocycles. The van der Waals surface area contributed by atoms with Crippen LogP contribution >= 0.6 is 0 Å². The number of nitrogens with zero attached hydrogens (tertiary/aromatic N) is 1. The summed E-state index contributed by atoms with van der Waals surface area (Å²) in [7, 11) is 1.37. The highest BCUT2D eigenvalue weighted by Gasteiger charge is 2.28. The minimum atomic E-state index is -0.507. The molecular formula is C10H20N2O2. The van der Waals surface area contributed by atoms with Crippen molar-refractivity contribution < 1.29 is 9.53 Å². The van der Waals surface area contributed by atoms with Gasteiger partial charge in [0.1, 0.15) is 6.04 Å². The van der Waals surface area contributed by atoms with Gasteiger partial charge in [-0.2, -0.15) is 0 Å². The highest BCUT2D eigenvalue weighted by atomic mass is 16.5. The quantitative estimate of drug-likeness (QED) is 0.662. The molecule has 1 aliphatic rings. The number of rotatable bonds is 3. The highest BCUT2D eigenvalue weighted by Crippen LogP contribution is 2.21. The first-order valence-corrected chi connectivity index (χ1v) is 5.12. The van der Waals surface area contributed by atoms with Gasteiger partial charge in [-0.05, 0) is 19.3 Å². The van der Waals surface area contributed by atoms with Gasteiger partial charge >= 0.3 is 5.97 Å². The summed E-state index contributed by atoms with van der Waals surface area (Å²) in [6.45, 7) is 6.04. The summed E-state index contributed by atoms with van der Waals surface area (Å²) >= 11 is 0. The Morgan fingerprint density at radius 3 is 2.71 bits per heavy atom. The van der Waals surface area contributed by atoms with E-state index in [0.717, 1.165) is 6.54 Å². The van der Waals surface area contributed by atoms with Crippen molar-refractivity contribution in [2.24, 2.45) is 11.7 Å². The Labute approximate surface area is 85.4 Å². The van der Waals surface area contributed by atoms with E-state index < -0.39 is 6.04 Å². The number of carbonyl (C=O) groups is 1. The van der Waals surface area contributed by atoms with Crippen molar-refractivity contribution in [2.75, 3.05) is 20.2 Å². The van der Waals surface area contributed by atoms with Gasteiger partial charge in [-0.25, -0.2) is 0 Å². The van der Waals surface area contributed by atoms with Gasteiger partial charge in [-0.3, -0.25) is 9.69 Å². The summed E-state index contributed by atoms with van der Waals surface area (Å²) in [6, 6.07) is 0.0217. The molecule has 4 heteroatoms. The third-order valence-corrected chi connectivity index (χ3v) is 2.85. The van der Waals surface area contributed by atoms with E-state index in [4.69, 9.17) is 5.73 Å². The molecule has 0 amide bonds. The Morgan fingerprint density at radius 1 is 1.64 bits per heavy atom. The number of methoxy groups -OCH3 is 1. The van der Waals surface area contributed by atoms with E-state index in [1.54, 1.807) is 0 Å². The molecule has 1 rings (SSSR count). The number of nitrogens with two attached hydrogens (primary N) is 1. The first-order chi connectivity index (χ1) is 6.54. The zero-order chi connectivity index (χ0) is 10.7. The minimum Gasteiger partial charge on any atom is -0.468 e. The van der Waals surface area contributed by atoms with Gasteiger partial charge in [0.15, 0.2) is 0 Å². The molecule has 82 valence electrons. The first kappa shape index (κ1) is 11.5. The second kappa shape index (κ2) is 4.75. The Bertz CT molecular complexity index is 208. The molecule has 1 fully saturated rings. The van der Waals surface area contributed by atoms with Crippen LogP contribution in [0.1, 0.15) is 20.3 Å². The lowest BCUT2D eigenvalue weighted by molar-refractivity contribution is -0.142. The lowest BCUT2D eigenvalue weighted by Crippen LogP contribution is -2.44. The van der Waals surface area contributed by atoms with Crippen molar-refractivity contribution >= 4 is 5.97 Å². The number of hydrogen-bond acceptors (Lipinski definition) is 4. The van der Waals surface area contributed by atoms with E-state index in [9.17, 15) is 4.79 Å². The van der Waals surface area contributed by atoms with Gasteiger partial charge in [-0.15, -0.1) is 0 Å². The first-order valence-electron chi connectivity index (χ1n) is 5.12. The molecule has 0 aromatic carbocycles. The molecule has 4 nitrogen and oxygen atoms in total. The number of carbonyl (C=O) groups excluding carboxylic acids is 1. The highest BCUT2D eigenvalue weighted by molar-refractivity contribution is 5.75. The number of likely N-dealkylation sites (tertiary alicyclic amines) is 1.